The van der Waals surface area contributed by atoms with Crippen LogP contribution < -0.4 is 10.6 Å². The molecule has 0 spiro atoms. The molecule has 0 amide bonds. The van der Waals surface area contributed by atoms with Gasteiger partial charge in [-0.25, -0.2) is 0 Å². The highest BCUT2D eigenvalue weighted by molar-refractivity contribution is 5.93. The lowest BCUT2D eigenvalue weighted by Gasteiger charge is -2.23. The summed E-state index contributed by atoms with van der Waals surface area (Å²) in [5.41, 5.74) is 7.81. The average molecular weight is 237 g/mol. The number of fused-ring (bicyclic) bond motifs is 1. The minimum atomic E-state index is 0.00738. The number of hydrogen-bond acceptors (Lipinski definition) is 6. The molecule has 0 bridgehead atoms. The zero-order valence-corrected chi connectivity index (χ0v) is 9.30. The van der Waals surface area contributed by atoms with E-state index in [1.165, 1.54) is 0 Å². The Bertz CT molecular complexity index is 492. The van der Waals surface area contributed by atoms with E-state index >= 15 is 0 Å². The SMILES string of the molecule is Nc1n[nH]c2c(N(CCO)CCO)ccnc12. The van der Waals surface area contributed by atoms with Crippen LogP contribution in [-0.4, -0.2) is 51.7 Å². The number of H-pyrrole nitrogens is 1. The highest BCUT2D eigenvalue weighted by Crippen LogP contribution is 2.25. The summed E-state index contributed by atoms with van der Waals surface area (Å²) in [6.07, 6.45) is 1.63. The van der Waals surface area contributed by atoms with E-state index in [2.05, 4.69) is 15.2 Å². The van der Waals surface area contributed by atoms with Crippen LogP contribution in [0.3, 0.4) is 0 Å². The Hall–Kier alpha value is -1.86. The zero-order valence-electron chi connectivity index (χ0n) is 9.30. The number of aliphatic hydroxyl groups is 2. The van der Waals surface area contributed by atoms with Gasteiger partial charge in [-0.1, -0.05) is 0 Å². The molecular weight excluding hydrogens is 222 g/mol. The summed E-state index contributed by atoms with van der Waals surface area (Å²) in [4.78, 5) is 5.98. The van der Waals surface area contributed by atoms with E-state index in [9.17, 15) is 0 Å². The summed E-state index contributed by atoms with van der Waals surface area (Å²) in [7, 11) is 0. The second-order valence-electron chi connectivity index (χ2n) is 3.60. The molecule has 0 aliphatic carbocycles. The first-order valence-corrected chi connectivity index (χ1v) is 5.33. The van der Waals surface area contributed by atoms with Gasteiger partial charge in [0.25, 0.3) is 0 Å². The first kappa shape index (κ1) is 11.6. The average Bonchev–Trinajstić information content (AvgIpc) is 2.71. The number of pyridine rings is 1. The van der Waals surface area contributed by atoms with Gasteiger partial charge < -0.3 is 20.8 Å². The van der Waals surface area contributed by atoms with Gasteiger partial charge in [-0.2, -0.15) is 5.10 Å². The van der Waals surface area contributed by atoms with Crippen LogP contribution >= 0.6 is 0 Å². The monoisotopic (exact) mass is 237 g/mol. The van der Waals surface area contributed by atoms with Crippen molar-refractivity contribution in [3.8, 4) is 0 Å². The summed E-state index contributed by atoms with van der Waals surface area (Å²) in [5.74, 6) is 0.342. The molecule has 0 radical (unpaired) electrons. The molecule has 2 aromatic heterocycles. The Morgan fingerprint density at radius 2 is 2.00 bits per heavy atom. The zero-order chi connectivity index (χ0) is 12.3. The predicted molar refractivity (Wildman–Crippen MR) is 64.7 cm³/mol. The summed E-state index contributed by atoms with van der Waals surface area (Å²) in [6, 6.07) is 1.80. The summed E-state index contributed by atoms with van der Waals surface area (Å²) in [5, 5.41) is 24.7. The van der Waals surface area contributed by atoms with Gasteiger partial charge in [-0.05, 0) is 6.07 Å². The van der Waals surface area contributed by atoms with Crippen LogP contribution in [-0.2, 0) is 0 Å². The molecule has 0 aliphatic heterocycles. The number of nitrogen functional groups attached to an aromatic ring is 1. The Balaban J connectivity index is 2.44. The van der Waals surface area contributed by atoms with Crippen LogP contribution in [0.2, 0.25) is 0 Å². The number of aromatic nitrogens is 3. The van der Waals surface area contributed by atoms with Crippen LogP contribution in [0.25, 0.3) is 11.0 Å². The van der Waals surface area contributed by atoms with Crippen LogP contribution in [0.15, 0.2) is 12.3 Å². The largest absolute Gasteiger partial charge is 0.395 e. The van der Waals surface area contributed by atoms with Gasteiger partial charge >= 0.3 is 0 Å². The Morgan fingerprint density at radius 1 is 1.29 bits per heavy atom. The number of anilines is 2. The van der Waals surface area contributed by atoms with Gasteiger partial charge in [-0.3, -0.25) is 10.1 Å². The molecule has 92 valence electrons. The lowest BCUT2D eigenvalue weighted by Crippen LogP contribution is -2.29. The second kappa shape index (κ2) is 4.98. The summed E-state index contributed by atoms with van der Waals surface area (Å²) < 4.78 is 0. The number of hydrogen-bond donors (Lipinski definition) is 4. The molecular formula is C10H15N5O2. The molecule has 2 rings (SSSR count). The maximum Gasteiger partial charge on any atom is 0.171 e. The quantitative estimate of drug-likeness (QED) is 0.549. The van der Waals surface area contributed by atoms with Crippen molar-refractivity contribution in [2.24, 2.45) is 0 Å². The smallest absolute Gasteiger partial charge is 0.171 e. The normalized spacial score (nSPS) is 10.9. The van der Waals surface area contributed by atoms with Gasteiger partial charge in [0, 0.05) is 19.3 Å². The molecule has 0 unspecified atom stereocenters. The Morgan fingerprint density at radius 3 is 2.65 bits per heavy atom. The number of nitrogens with zero attached hydrogens (tertiary/aromatic N) is 3. The van der Waals surface area contributed by atoms with Crippen molar-refractivity contribution in [1.82, 2.24) is 15.2 Å². The summed E-state index contributed by atoms with van der Waals surface area (Å²) >= 11 is 0. The number of nitrogens with one attached hydrogen (secondary N) is 1. The summed E-state index contributed by atoms with van der Waals surface area (Å²) in [6.45, 7) is 0.873. The van der Waals surface area contributed by atoms with E-state index in [0.717, 1.165) is 5.69 Å². The molecule has 7 nitrogen and oxygen atoms in total. The van der Waals surface area contributed by atoms with Gasteiger partial charge in [0.05, 0.1) is 18.9 Å². The first-order chi connectivity index (χ1) is 8.27. The molecule has 0 aromatic carbocycles. The fraction of sp³-hybridized carbons (Fsp3) is 0.400. The van der Waals surface area contributed by atoms with E-state index in [0.29, 0.717) is 29.9 Å². The third kappa shape index (κ3) is 2.15. The second-order valence-corrected chi connectivity index (χ2v) is 3.60. The highest BCUT2D eigenvalue weighted by atomic mass is 16.3. The van der Waals surface area contributed by atoms with E-state index < -0.39 is 0 Å². The van der Waals surface area contributed by atoms with E-state index in [1.54, 1.807) is 12.3 Å². The third-order valence-corrected chi connectivity index (χ3v) is 2.54. The van der Waals surface area contributed by atoms with Crippen LogP contribution in [0, 0.1) is 0 Å². The molecule has 0 aliphatic rings. The Kier molecular flexibility index (Phi) is 3.40. The van der Waals surface area contributed by atoms with E-state index in [1.807, 2.05) is 4.90 Å². The highest BCUT2D eigenvalue weighted by Gasteiger charge is 2.13. The molecule has 0 saturated carbocycles. The molecule has 7 heteroatoms. The lowest BCUT2D eigenvalue weighted by atomic mass is 10.3. The van der Waals surface area contributed by atoms with Crippen molar-refractivity contribution >= 4 is 22.5 Å². The Labute approximate surface area is 97.9 Å². The van der Waals surface area contributed by atoms with Crippen LogP contribution in [0.1, 0.15) is 0 Å². The topological polar surface area (TPSA) is 111 Å². The fourth-order valence-electron chi connectivity index (χ4n) is 1.78. The predicted octanol–water partition coefficient (Wildman–Crippen LogP) is -0.669. The van der Waals surface area contributed by atoms with Gasteiger partial charge in [0.15, 0.2) is 5.82 Å². The first-order valence-electron chi connectivity index (χ1n) is 5.33. The van der Waals surface area contributed by atoms with Crippen molar-refractivity contribution in [3.63, 3.8) is 0 Å². The lowest BCUT2D eigenvalue weighted by molar-refractivity contribution is 0.281. The van der Waals surface area contributed by atoms with Crippen molar-refractivity contribution in [2.45, 2.75) is 0 Å². The third-order valence-electron chi connectivity index (χ3n) is 2.54. The fourth-order valence-corrected chi connectivity index (χ4v) is 1.78. The van der Waals surface area contributed by atoms with Gasteiger partial charge in [0.1, 0.15) is 11.0 Å². The molecule has 0 saturated heterocycles. The van der Waals surface area contributed by atoms with E-state index in [4.69, 9.17) is 15.9 Å². The molecule has 2 heterocycles. The van der Waals surface area contributed by atoms with Gasteiger partial charge in [-0.15, -0.1) is 0 Å². The minimum Gasteiger partial charge on any atom is -0.395 e. The van der Waals surface area contributed by atoms with Crippen LogP contribution in [0.4, 0.5) is 11.5 Å². The van der Waals surface area contributed by atoms with Crippen molar-refractivity contribution in [3.05, 3.63) is 12.3 Å². The van der Waals surface area contributed by atoms with Crippen molar-refractivity contribution in [1.29, 1.82) is 0 Å². The number of aliphatic hydroxyl groups excluding tert-OH is 2. The minimum absolute atomic E-state index is 0.00738. The molecule has 2 aromatic rings. The number of aromatic amines is 1. The van der Waals surface area contributed by atoms with Crippen molar-refractivity contribution < 1.29 is 10.2 Å². The maximum absolute atomic E-state index is 9.01. The van der Waals surface area contributed by atoms with Crippen LogP contribution in [0.5, 0.6) is 0 Å². The van der Waals surface area contributed by atoms with Gasteiger partial charge in [0.2, 0.25) is 0 Å². The maximum atomic E-state index is 9.01. The molecule has 17 heavy (non-hydrogen) atoms. The molecule has 0 fully saturated rings. The molecule has 5 N–H and O–H groups in total. The molecule has 0 atom stereocenters. The van der Waals surface area contributed by atoms with Crippen molar-refractivity contribution in [2.75, 3.05) is 36.9 Å². The van der Waals surface area contributed by atoms with E-state index in [-0.39, 0.29) is 13.2 Å². The number of nitrogens with two attached hydrogens (primary N) is 1. The number of rotatable bonds is 5. The standard InChI is InChI=1S/C10H15N5O2/c11-10-9-8(13-14-10)7(1-2-12-9)15(3-5-16)4-6-17/h1-2,16-17H,3-6H2,(H3,11,13,14).